The van der Waals surface area contributed by atoms with E-state index in [1.165, 1.54) is 0 Å². The minimum atomic E-state index is -3.35. The van der Waals surface area contributed by atoms with Gasteiger partial charge in [0.1, 0.15) is 0 Å². The molecule has 24 heavy (non-hydrogen) atoms. The zero-order chi connectivity index (χ0) is 16.9. The van der Waals surface area contributed by atoms with Crippen molar-refractivity contribution in [3.8, 4) is 0 Å². The molecule has 1 aliphatic heterocycles. The normalized spacial score (nSPS) is 33.5. The highest BCUT2D eigenvalue weighted by molar-refractivity contribution is 7.88. The van der Waals surface area contributed by atoms with Gasteiger partial charge in [0.05, 0.1) is 36.2 Å². The van der Waals surface area contributed by atoms with Gasteiger partial charge in [0.25, 0.3) is 0 Å². The molecule has 8 nitrogen and oxygen atoms in total. The molecule has 4 atom stereocenters. The zero-order valence-electron chi connectivity index (χ0n) is 13.5. The zero-order valence-corrected chi connectivity index (χ0v) is 14.3. The van der Waals surface area contributed by atoms with E-state index in [1.807, 2.05) is 10.8 Å². The standard InChI is InChI=1S/C15H22N4O4S/c1-24(21,22)18-12-11(10-2-7-23-13(10)12)17-14(20)15(3-4-15)8-19-6-5-16-9-19/h5-6,9-13,18H,2-4,7-8H2,1H3,(H,17,20)/t10-,11+,12-,13-/m1/s1. The SMILES string of the molecule is CS(=O)(=O)N[C@@H]1[C@@H](NC(=O)C2(Cn3ccnc3)CC2)[C@H]2CCO[C@H]21. The maximum absolute atomic E-state index is 12.8. The lowest BCUT2D eigenvalue weighted by atomic mass is 9.72. The Bertz CT molecular complexity index is 729. The fourth-order valence-electron chi connectivity index (χ4n) is 3.93. The van der Waals surface area contributed by atoms with Crippen molar-refractivity contribution in [2.45, 2.75) is 44.0 Å². The van der Waals surface area contributed by atoms with Gasteiger partial charge in [0.2, 0.25) is 15.9 Å². The summed E-state index contributed by atoms with van der Waals surface area (Å²) in [5, 5.41) is 3.10. The van der Waals surface area contributed by atoms with Crippen molar-refractivity contribution in [3.63, 3.8) is 0 Å². The van der Waals surface area contributed by atoms with Gasteiger partial charge in [-0.2, -0.15) is 0 Å². The van der Waals surface area contributed by atoms with E-state index in [4.69, 9.17) is 4.74 Å². The number of carbonyl (C=O) groups excluding carboxylic acids is 1. The van der Waals surface area contributed by atoms with Crippen molar-refractivity contribution >= 4 is 15.9 Å². The predicted octanol–water partition coefficient (Wildman–Crippen LogP) is -0.515. The molecule has 1 aromatic heterocycles. The van der Waals surface area contributed by atoms with Crippen LogP contribution in [0.5, 0.6) is 0 Å². The third kappa shape index (κ3) is 2.84. The monoisotopic (exact) mass is 354 g/mol. The predicted molar refractivity (Wildman–Crippen MR) is 85.4 cm³/mol. The Labute approximate surface area is 141 Å². The Hall–Kier alpha value is -1.45. The average Bonchev–Trinajstić information content (AvgIpc) is 2.94. The number of hydrogen-bond acceptors (Lipinski definition) is 5. The number of hydrogen-bond donors (Lipinski definition) is 2. The van der Waals surface area contributed by atoms with E-state index < -0.39 is 10.0 Å². The molecule has 1 aromatic rings. The highest BCUT2D eigenvalue weighted by atomic mass is 32.2. The van der Waals surface area contributed by atoms with Crippen molar-refractivity contribution in [3.05, 3.63) is 18.7 Å². The van der Waals surface area contributed by atoms with E-state index in [2.05, 4.69) is 15.0 Å². The molecular weight excluding hydrogens is 332 g/mol. The summed E-state index contributed by atoms with van der Waals surface area (Å²) < 4.78 is 33.3. The second kappa shape index (κ2) is 5.53. The highest BCUT2D eigenvalue weighted by Gasteiger charge is 2.58. The first-order chi connectivity index (χ1) is 11.4. The quantitative estimate of drug-likeness (QED) is 0.716. The minimum Gasteiger partial charge on any atom is -0.376 e. The van der Waals surface area contributed by atoms with Crippen LogP contribution in [-0.2, 0) is 26.1 Å². The van der Waals surface area contributed by atoms with Crippen LogP contribution in [0, 0.1) is 11.3 Å². The van der Waals surface area contributed by atoms with E-state index in [0.717, 1.165) is 25.5 Å². The molecule has 132 valence electrons. The topological polar surface area (TPSA) is 102 Å². The van der Waals surface area contributed by atoms with E-state index >= 15 is 0 Å². The lowest BCUT2D eigenvalue weighted by Crippen LogP contribution is -2.71. The van der Waals surface area contributed by atoms with Crippen LogP contribution in [0.2, 0.25) is 0 Å². The lowest BCUT2D eigenvalue weighted by molar-refractivity contribution is -0.131. The summed E-state index contributed by atoms with van der Waals surface area (Å²) in [6.07, 6.45) is 8.82. The minimum absolute atomic E-state index is 0.00634. The number of fused-ring (bicyclic) bond motifs is 1. The number of nitrogens with one attached hydrogen (secondary N) is 2. The van der Waals surface area contributed by atoms with Gasteiger partial charge in [-0.3, -0.25) is 4.79 Å². The maximum Gasteiger partial charge on any atom is 0.228 e. The van der Waals surface area contributed by atoms with Gasteiger partial charge in [0, 0.05) is 31.5 Å². The van der Waals surface area contributed by atoms with Crippen LogP contribution in [0.3, 0.4) is 0 Å². The third-order valence-corrected chi connectivity index (χ3v) is 6.11. The number of aromatic nitrogens is 2. The first-order valence-corrected chi connectivity index (χ1v) is 10.1. The number of amides is 1. The van der Waals surface area contributed by atoms with Crippen molar-refractivity contribution in [1.82, 2.24) is 19.6 Å². The van der Waals surface area contributed by atoms with Crippen molar-refractivity contribution in [1.29, 1.82) is 0 Å². The largest absolute Gasteiger partial charge is 0.376 e. The summed E-state index contributed by atoms with van der Waals surface area (Å²) in [6.45, 7) is 1.23. The van der Waals surface area contributed by atoms with Gasteiger partial charge in [-0.15, -0.1) is 0 Å². The average molecular weight is 354 g/mol. The molecule has 0 bridgehead atoms. The molecule has 1 saturated heterocycles. The molecule has 3 aliphatic rings. The van der Waals surface area contributed by atoms with Gasteiger partial charge in [0.15, 0.2) is 0 Å². The van der Waals surface area contributed by atoms with Crippen LogP contribution in [0.15, 0.2) is 18.7 Å². The fourth-order valence-corrected chi connectivity index (χ4v) is 4.71. The van der Waals surface area contributed by atoms with Crippen LogP contribution in [0.4, 0.5) is 0 Å². The van der Waals surface area contributed by atoms with E-state index in [1.54, 1.807) is 12.5 Å². The number of ether oxygens (including phenoxy) is 1. The van der Waals surface area contributed by atoms with Crippen LogP contribution in [0.1, 0.15) is 19.3 Å². The highest BCUT2D eigenvalue weighted by Crippen LogP contribution is 2.48. The molecule has 0 unspecified atom stereocenters. The molecule has 2 saturated carbocycles. The molecule has 2 heterocycles. The van der Waals surface area contributed by atoms with E-state index in [9.17, 15) is 13.2 Å². The summed E-state index contributed by atoms with van der Waals surface area (Å²) >= 11 is 0. The molecule has 2 N–H and O–H groups in total. The molecule has 9 heteroatoms. The van der Waals surface area contributed by atoms with Crippen LogP contribution in [0.25, 0.3) is 0 Å². The van der Waals surface area contributed by atoms with E-state index in [-0.39, 0.29) is 35.4 Å². The second-order valence-corrected chi connectivity index (χ2v) is 9.00. The summed E-state index contributed by atoms with van der Waals surface area (Å²) in [4.78, 5) is 16.8. The van der Waals surface area contributed by atoms with Crippen molar-refractivity contribution < 1.29 is 17.9 Å². The van der Waals surface area contributed by atoms with Gasteiger partial charge in [-0.05, 0) is 19.3 Å². The van der Waals surface area contributed by atoms with Crippen LogP contribution >= 0.6 is 0 Å². The Morgan fingerprint density at radius 2 is 2.21 bits per heavy atom. The van der Waals surface area contributed by atoms with Gasteiger partial charge in [-0.25, -0.2) is 18.1 Å². The summed E-state index contributed by atoms with van der Waals surface area (Å²) in [5.74, 6) is 0.198. The van der Waals surface area contributed by atoms with E-state index in [0.29, 0.717) is 13.2 Å². The van der Waals surface area contributed by atoms with Gasteiger partial charge in [-0.1, -0.05) is 0 Å². The molecule has 0 radical (unpaired) electrons. The molecular formula is C15H22N4O4S. The molecule has 3 fully saturated rings. The summed E-state index contributed by atoms with van der Waals surface area (Å²) in [5.41, 5.74) is -0.388. The Morgan fingerprint density at radius 1 is 1.42 bits per heavy atom. The number of nitrogens with zero attached hydrogens (tertiary/aromatic N) is 2. The summed E-state index contributed by atoms with van der Waals surface area (Å²) in [6, 6.07) is -0.569. The number of carbonyl (C=O) groups is 1. The Kier molecular flexibility index (Phi) is 3.70. The molecule has 2 aliphatic carbocycles. The number of imidazole rings is 1. The third-order valence-electron chi connectivity index (χ3n) is 5.41. The summed E-state index contributed by atoms with van der Waals surface area (Å²) in [7, 11) is -3.35. The fraction of sp³-hybridized carbons (Fsp3) is 0.733. The van der Waals surface area contributed by atoms with Crippen LogP contribution in [-0.4, -0.2) is 54.9 Å². The smallest absolute Gasteiger partial charge is 0.228 e. The van der Waals surface area contributed by atoms with Crippen molar-refractivity contribution in [2.75, 3.05) is 12.9 Å². The Morgan fingerprint density at radius 3 is 2.83 bits per heavy atom. The van der Waals surface area contributed by atoms with Gasteiger partial charge < -0.3 is 14.6 Å². The molecule has 0 spiro atoms. The number of sulfonamides is 1. The Balaban J connectivity index is 1.44. The lowest BCUT2D eigenvalue weighted by Gasteiger charge is -2.47. The second-order valence-electron chi connectivity index (χ2n) is 7.22. The maximum atomic E-state index is 12.8. The van der Waals surface area contributed by atoms with Crippen LogP contribution < -0.4 is 10.0 Å². The van der Waals surface area contributed by atoms with Gasteiger partial charge >= 0.3 is 0 Å². The number of rotatable bonds is 6. The molecule has 4 rings (SSSR count). The van der Waals surface area contributed by atoms with Crippen molar-refractivity contribution in [2.24, 2.45) is 11.3 Å². The first-order valence-electron chi connectivity index (χ1n) is 8.24. The molecule has 1 amide bonds. The first kappa shape index (κ1) is 16.0. The molecule has 0 aromatic carbocycles.